The number of hydrogen-bond donors (Lipinski definition) is 0. The van der Waals surface area contributed by atoms with E-state index in [9.17, 15) is 0 Å². The quantitative estimate of drug-likeness (QED) is 0.152. The average Bonchev–Trinajstić information content (AvgIpc) is 4.29. The highest BCUT2D eigenvalue weighted by Crippen LogP contribution is 2.57. The highest BCUT2D eigenvalue weighted by molar-refractivity contribution is 7.22. The molecule has 6 nitrogen and oxygen atoms in total. The van der Waals surface area contributed by atoms with Gasteiger partial charge in [-0.05, 0) is 106 Å². The Morgan fingerprint density at radius 1 is 0.338 bits per heavy atom. The van der Waals surface area contributed by atoms with Crippen LogP contribution in [0.3, 0.4) is 0 Å². The Labute approximate surface area is 434 Å². The summed E-state index contributed by atoms with van der Waals surface area (Å²) >= 11 is 3.37. The van der Waals surface area contributed by atoms with E-state index in [2.05, 4.69) is 235 Å². The summed E-state index contributed by atoms with van der Waals surface area (Å²) in [4.78, 5) is 27.0. The lowest BCUT2D eigenvalue weighted by Crippen LogP contribution is -2.28. The Hall–Kier alpha value is -9.21. The number of aromatic nitrogens is 6. The van der Waals surface area contributed by atoms with Gasteiger partial charge in [-0.3, -0.25) is 0 Å². The molecular formula is C66H40N6S2. The second kappa shape index (κ2) is 17.0. The van der Waals surface area contributed by atoms with Gasteiger partial charge in [-0.2, -0.15) is 0 Å². The van der Waals surface area contributed by atoms with Crippen molar-refractivity contribution >= 4 is 64.9 Å². The smallest absolute Gasteiger partial charge is 0.164 e. The number of thiazole rings is 2. The molecule has 0 amide bonds. The molecule has 346 valence electrons. The van der Waals surface area contributed by atoms with Crippen molar-refractivity contribution in [1.82, 2.24) is 29.5 Å². The zero-order valence-corrected chi connectivity index (χ0v) is 41.2. The Morgan fingerprint density at radius 3 is 1.53 bits per heavy atom. The normalized spacial score (nSPS) is 12.7. The molecule has 4 heterocycles. The summed E-state index contributed by atoms with van der Waals surface area (Å²) < 4.78 is 4.60. The second-order valence-corrected chi connectivity index (χ2v) is 20.8. The summed E-state index contributed by atoms with van der Waals surface area (Å²) in [7, 11) is 0. The minimum absolute atomic E-state index is 0.556. The van der Waals surface area contributed by atoms with Crippen molar-refractivity contribution in [3.05, 3.63) is 265 Å². The predicted octanol–water partition coefficient (Wildman–Crippen LogP) is 16.9. The maximum absolute atomic E-state index is 5.57. The molecule has 10 aromatic carbocycles. The van der Waals surface area contributed by atoms with Crippen LogP contribution in [0.4, 0.5) is 0 Å². The molecule has 0 bridgehead atoms. The Morgan fingerprint density at radius 2 is 0.851 bits per heavy atom. The van der Waals surface area contributed by atoms with E-state index in [0.29, 0.717) is 17.5 Å². The van der Waals surface area contributed by atoms with Gasteiger partial charge in [0.1, 0.15) is 10.0 Å². The van der Waals surface area contributed by atoms with Crippen LogP contribution in [0, 0.1) is 0 Å². The van der Waals surface area contributed by atoms with Gasteiger partial charge in [0.2, 0.25) is 0 Å². The van der Waals surface area contributed by atoms with Crippen molar-refractivity contribution in [2.75, 3.05) is 0 Å². The largest absolute Gasteiger partial charge is 0.309 e. The monoisotopic (exact) mass is 980 g/mol. The molecule has 74 heavy (non-hydrogen) atoms. The van der Waals surface area contributed by atoms with E-state index in [4.69, 9.17) is 24.9 Å². The third kappa shape index (κ3) is 6.66. The van der Waals surface area contributed by atoms with Gasteiger partial charge in [-0.15, -0.1) is 22.7 Å². The fourth-order valence-electron chi connectivity index (χ4n) is 11.4. The number of hydrogen-bond acceptors (Lipinski definition) is 7. The zero-order valence-electron chi connectivity index (χ0n) is 39.6. The Bertz CT molecular complexity index is 4300. The van der Waals surface area contributed by atoms with E-state index >= 15 is 0 Å². The maximum atomic E-state index is 5.57. The molecule has 1 aliphatic carbocycles. The third-order valence-corrected chi connectivity index (χ3v) is 16.7. The lowest BCUT2D eigenvalue weighted by Gasteiger charge is -2.34. The van der Waals surface area contributed by atoms with E-state index in [0.717, 1.165) is 85.8 Å². The average molecular weight is 981 g/mol. The van der Waals surface area contributed by atoms with E-state index in [1.165, 1.54) is 33.4 Å². The molecular weight excluding hydrogens is 941 g/mol. The standard InChI is InChI=1S/C66H40N6S2/c1-4-19-45(20-5-1)66(46-21-6-2-7-22-46)52-28-12-10-25-48(52)49-36-35-41(40-53(49)66)61-69-62(71-63(70-61)51-27-18-32-57-60(51)50-26-11-15-31-56(50)72(57)47-23-8-3-9-24-47)42-37-43(64-67-54-29-13-16-33-58(54)73-64)39-44(38-42)65-68-55-30-14-17-34-59(55)74-65/h1-40H. The maximum Gasteiger partial charge on any atom is 0.164 e. The highest BCUT2D eigenvalue weighted by atomic mass is 32.1. The fraction of sp³-hybridized carbons (Fsp3) is 0.0152. The van der Waals surface area contributed by atoms with E-state index < -0.39 is 5.41 Å². The first-order valence-electron chi connectivity index (χ1n) is 24.7. The van der Waals surface area contributed by atoms with E-state index in [-0.39, 0.29) is 0 Å². The SMILES string of the molecule is c1ccc(-n2c3ccccc3c3c(-c4nc(-c5cc(-c6nc7ccccc7s6)cc(-c6nc7ccccc7s6)c5)nc(-c5ccc6c(c5)C(c5ccccc5)(c5ccccc5)c5ccccc5-6)n4)cccc32)cc1. The third-order valence-electron chi connectivity index (χ3n) is 14.6. The van der Waals surface area contributed by atoms with Crippen molar-refractivity contribution in [3.63, 3.8) is 0 Å². The van der Waals surface area contributed by atoms with Crippen LogP contribution >= 0.6 is 22.7 Å². The van der Waals surface area contributed by atoms with Crippen LogP contribution < -0.4 is 0 Å². The number of nitrogens with zero attached hydrogens (tertiary/aromatic N) is 6. The van der Waals surface area contributed by atoms with E-state index in [1.807, 2.05) is 12.1 Å². The molecule has 15 rings (SSSR count). The summed E-state index contributed by atoms with van der Waals surface area (Å²) in [5, 5.41) is 4.02. The van der Waals surface area contributed by atoms with Crippen LogP contribution in [0.2, 0.25) is 0 Å². The minimum atomic E-state index is -0.605. The van der Waals surface area contributed by atoms with Gasteiger partial charge in [0.05, 0.1) is 36.9 Å². The van der Waals surface area contributed by atoms with Crippen molar-refractivity contribution in [1.29, 1.82) is 0 Å². The summed E-state index contributed by atoms with van der Waals surface area (Å²) in [6, 6.07) is 86.4. The second-order valence-electron chi connectivity index (χ2n) is 18.8. The molecule has 0 radical (unpaired) electrons. The van der Waals surface area contributed by atoms with Gasteiger partial charge in [-0.25, -0.2) is 24.9 Å². The van der Waals surface area contributed by atoms with Crippen molar-refractivity contribution < 1.29 is 0 Å². The van der Waals surface area contributed by atoms with Crippen LogP contribution in [0.25, 0.3) is 114 Å². The molecule has 8 heteroatoms. The summed E-state index contributed by atoms with van der Waals surface area (Å²) in [6.07, 6.45) is 0. The predicted molar refractivity (Wildman–Crippen MR) is 305 cm³/mol. The zero-order chi connectivity index (χ0) is 48.7. The first-order valence-corrected chi connectivity index (χ1v) is 26.4. The first kappa shape index (κ1) is 42.5. The summed E-state index contributed by atoms with van der Waals surface area (Å²) in [6.45, 7) is 0. The molecule has 4 aromatic heterocycles. The van der Waals surface area contributed by atoms with Crippen molar-refractivity contribution in [2.24, 2.45) is 0 Å². The first-order chi connectivity index (χ1) is 36.7. The molecule has 0 atom stereocenters. The van der Waals surface area contributed by atoms with Crippen LogP contribution in [-0.2, 0) is 5.41 Å². The van der Waals surface area contributed by atoms with Crippen molar-refractivity contribution in [2.45, 2.75) is 5.41 Å². The number of benzene rings is 10. The van der Waals surface area contributed by atoms with Gasteiger partial charge < -0.3 is 4.57 Å². The number of para-hydroxylation sites is 4. The van der Waals surface area contributed by atoms with Gasteiger partial charge in [0.25, 0.3) is 0 Å². The van der Waals surface area contributed by atoms with Gasteiger partial charge >= 0.3 is 0 Å². The topological polar surface area (TPSA) is 69.4 Å². The van der Waals surface area contributed by atoms with Gasteiger partial charge in [0.15, 0.2) is 17.5 Å². The molecule has 14 aromatic rings. The Kier molecular flexibility index (Phi) is 9.73. The minimum Gasteiger partial charge on any atom is -0.309 e. The molecule has 1 aliphatic rings. The number of fused-ring (bicyclic) bond motifs is 8. The molecule has 0 spiro atoms. The Balaban J connectivity index is 1.01. The summed E-state index contributed by atoms with van der Waals surface area (Å²) in [5.41, 5.74) is 16.4. The van der Waals surface area contributed by atoms with Crippen LogP contribution in [0.1, 0.15) is 22.3 Å². The van der Waals surface area contributed by atoms with Crippen molar-refractivity contribution in [3.8, 4) is 72.1 Å². The molecule has 0 N–H and O–H groups in total. The molecule has 0 fully saturated rings. The lowest BCUT2D eigenvalue weighted by atomic mass is 9.67. The van der Waals surface area contributed by atoms with Gasteiger partial charge in [-0.1, -0.05) is 170 Å². The fourth-order valence-corrected chi connectivity index (χ4v) is 13.3. The lowest BCUT2D eigenvalue weighted by molar-refractivity contribution is 0.768. The van der Waals surface area contributed by atoms with E-state index in [1.54, 1.807) is 22.7 Å². The summed E-state index contributed by atoms with van der Waals surface area (Å²) in [5.74, 6) is 1.72. The molecule has 0 saturated carbocycles. The highest BCUT2D eigenvalue weighted by Gasteiger charge is 2.46. The molecule has 0 saturated heterocycles. The van der Waals surface area contributed by atoms with Crippen LogP contribution in [-0.4, -0.2) is 29.5 Å². The van der Waals surface area contributed by atoms with Crippen LogP contribution in [0.5, 0.6) is 0 Å². The van der Waals surface area contributed by atoms with Gasteiger partial charge in [0, 0.05) is 44.3 Å². The molecule has 0 unspecified atom stereocenters. The van der Waals surface area contributed by atoms with Crippen LogP contribution in [0.15, 0.2) is 243 Å². The molecule has 0 aliphatic heterocycles. The number of rotatable bonds is 8.